The maximum absolute atomic E-state index is 12.6. The molecule has 27 heavy (non-hydrogen) atoms. The predicted molar refractivity (Wildman–Crippen MR) is 102 cm³/mol. The zero-order valence-corrected chi connectivity index (χ0v) is 15.1. The predicted octanol–water partition coefficient (Wildman–Crippen LogP) is 2.06. The van der Waals surface area contributed by atoms with E-state index in [9.17, 15) is 9.59 Å². The monoisotopic (exact) mass is 382 g/mol. The summed E-state index contributed by atoms with van der Waals surface area (Å²) in [4.78, 5) is 40.0. The highest BCUT2D eigenvalue weighted by molar-refractivity contribution is 6.31. The molecule has 1 aromatic carbocycles. The summed E-state index contributed by atoms with van der Waals surface area (Å²) in [5.74, 6) is 0.380. The average Bonchev–Trinajstić information content (AvgIpc) is 3.02. The zero-order chi connectivity index (χ0) is 19.0. The van der Waals surface area contributed by atoms with Gasteiger partial charge in [0, 0.05) is 25.5 Å². The van der Waals surface area contributed by atoms with Crippen molar-refractivity contribution in [2.24, 2.45) is 0 Å². The standard InChI is InChI=1S/C18H15ClN6O2/c1-2-24-16-13(17(26)23-18(24)27)25(10-11-6-4-3-5-7-11)15(22-16)12-14(19)21-9-8-20-12/h3-9H,2,10H2,1H3,(H,23,26,27). The van der Waals surface area contributed by atoms with Crippen LogP contribution in [0.1, 0.15) is 12.5 Å². The number of halogens is 1. The molecule has 8 nitrogen and oxygen atoms in total. The second kappa shape index (κ2) is 6.81. The van der Waals surface area contributed by atoms with E-state index >= 15 is 0 Å². The van der Waals surface area contributed by atoms with Crippen molar-refractivity contribution in [3.05, 3.63) is 74.3 Å². The number of hydrogen-bond acceptors (Lipinski definition) is 5. The van der Waals surface area contributed by atoms with Crippen molar-refractivity contribution in [1.29, 1.82) is 0 Å². The molecule has 3 heterocycles. The van der Waals surface area contributed by atoms with Gasteiger partial charge < -0.3 is 4.57 Å². The summed E-state index contributed by atoms with van der Waals surface area (Å²) < 4.78 is 3.12. The second-order valence-electron chi connectivity index (χ2n) is 5.88. The normalized spacial score (nSPS) is 11.2. The minimum absolute atomic E-state index is 0.170. The molecule has 0 amide bonds. The smallest absolute Gasteiger partial charge is 0.312 e. The third-order valence-corrected chi connectivity index (χ3v) is 4.53. The molecule has 0 aliphatic heterocycles. The summed E-state index contributed by atoms with van der Waals surface area (Å²) in [6, 6.07) is 9.62. The molecule has 0 aliphatic rings. The molecular weight excluding hydrogens is 368 g/mol. The number of hydrogen-bond donors (Lipinski definition) is 1. The first-order valence-electron chi connectivity index (χ1n) is 8.34. The van der Waals surface area contributed by atoms with Crippen LogP contribution in [0.15, 0.2) is 52.3 Å². The van der Waals surface area contributed by atoms with Crippen LogP contribution in [0.3, 0.4) is 0 Å². The summed E-state index contributed by atoms with van der Waals surface area (Å²) in [6.07, 6.45) is 2.98. The van der Waals surface area contributed by atoms with E-state index in [0.717, 1.165) is 5.56 Å². The number of aryl methyl sites for hydroxylation is 1. The number of nitrogens with zero attached hydrogens (tertiary/aromatic N) is 5. The Morgan fingerprint density at radius 3 is 2.52 bits per heavy atom. The Morgan fingerprint density at radius 2 is 1.81 bits per heavy atom. The lowest BCUT2D eigenvalue weighted by Gasteiger charge is -2.09. The molecule has 4 rings (SSSR count). The summed E-state index contributed by atoms with van der Waals surface area (Å²) in [5.41, 5.74) is 0.883. The molecule has 4 aromatic rings. The van der Waals surface area contributed by atoms with Crippen LogP contribution in [-0.2, 0) is 13.1 Å². The molecule has 0 saturated carbocycles. The number of H-pyrrole nitrogens is 1. The molecule has 3 aromatic heterocycles. The van der Waals surface area contributed by atoms with Crippen LogP contribution in [0.2, 0.25) is 5.15 Å². The van der Waals surface area contributed by atoms with Gasteiger partial charge in [0.15, 0.2) is 22.1 Å². The number of imidazole rings is 1. The SMILES string of the molecule is CCn1c(=O)[nH]c(=O)c2c1nc(-c1nccnc1Cl)n2Cc1ccccc1. The van der Waals surface area contributed by atoms with E-state index in [1.807, 2.05) is 37.3 Å². The molecule has 0 fully saturated rings. The van der Waals surface area contributed by atoms with E-state index < -0.39 is 11.2 Å². The fourth-order valence-corrected chi connectivity index (χ4v) is 3.23. The van der Waals surface area contributed by atoms with Crippen LogP contribution >= 0.6 is 11.6 Å². The minimum Gasteiger partial charge on any atom is -0.312 e. The molecule has 0 bridgehead atoms. The second-order valence-corrected chi connectivity index (χ2v) is 6.24. The van der Waals surface area contributed by atoms with E-state index in [-0.39, 0.29) is 10.7 Å². The van der Waals surface area contributed by atoms with Crippen molar-refractivity contribution in [2.75, 3.05) is 0 Å². The third kappa shape index (κ3) is 2.93. The molecule has 1 N–H and O–H groups in total. The van der Waals surface area contributed by atoms with Gasteiger partial charge in [-0.15, -0.1) is 0 Å². The highest BCUT2D eigenvalue weighted by atomic mass is 35.5. The van der Waals surface area contributed by atoms with Crippen LogP contribution in [0.4, 0.5) is 0 Å². The molecule has 136 valence electrons. The van der Waals surface area contributed by atoms with Gasteiger partial charge in [-0.3, -0.25) is 14.3 Å². The lowest BCUT2D eigenvalue weighted by atomic mass is 10.2. The van der Waals surface area contributed by atoms with E-state index in [4.69, 9.17) is 11.6 Å². The lowest BCUT2D eigenvalue weighted by Crippen LogP contribution is -2.30. The Hall–Kier alpha value is -3.26. The Morgan fingerprint density at radius 1 is 1.07 bits per heavy atom. The Kier molecular flexibility index (Phi) is 4.33. The molecule has 9 heteroatoms. The third-order valence-electron chi connectivity index (χ3n) is 4.25. The molecule has 0 spiro atoms. The van der Waals surface area contributed by atoms with Crippen LogP contribution in [-0.4, -0.2) is 29.1 Å². The summed E-state index contributed by atoms with van der Waals surface area (Å²) in [5, 5.41) is 0.170. The number of aromatic nitrogens is 6. The summed E-state index contributed by atoms with van der Waals surface area (Å²) in [7, 11) is 0. The van der Waals surface area contributed by atoms with E-state index in [0.29, 0.717) is 30.3 Å². The number of benzene rings is 1. The first-order valence-corrected chi connectivity index (χ1v) is 8.72. The van der Waals surface area contributed by atoms with Crippen molar-refractivity contribution >= 4 is 22.8 Å². The molecule has 0 radical (unpaired) electrons. The van der Waals surface area contributed by atoms with Crippen LogP contribution in [0, 0.1) is 0 Å². The lowest BCUT2D eigenvalue weighted by molar-refractivity contribution is 0.717. The van der Waals surface area contributed by atoms with Crippen molar-refractivity contribution in [2.45, 2.75) is 20.0 Å². The van der Waals surface area contributed by atoms with Crippen LogP contribution in [0.25, 0.3) is 22.7 Å². The van der Waals surface area contributed by atoms with Gasteiger partial charge >= 0.3 is 5.69 Å². The molecule has 0 unspecified atom stereocenters. The Bertz CT molecular complexity index is 1240. The first kappa shape index (κ1) is 17.2. The highest BCUT2D eigenvalue weighted by Gasteiger charge is 2.22. The fourth-order valence-electron chi connectivity index (χ4n) is 3.04. The Labute approximate surface area is 158 Å². The van der Waals surface area contributed by atoms with Crippen molar-refractivity contribution in [3.63, 3.8) is 0 Å². The quantitative estimate of drug-likeness (QED) is 0.582. The minimum atomic E-state index is -0.505. The number of fused-ring (bicyclic) bond motifs is 1. The highest BCUT2D eigenvalue weighted by Crippen LogP contribution is 2.26. The fraction of sp³-hybridized carbons (Fsp3) is 0.167. The summed E-state index contributed by atoms with van der Waals surface area (Å²) >= 11 is 6.22. The molecule has 0 saturated heterocycles. The average molecular weight is 383 g/mol. The van der Waals surface area contributed by atoms with E-state index in [1.54, 1.807) is 4.57 Å². The maximum Gasteiger partial charge on any atom is 0.330 e. The van der Waals surface area contributed by atoms with Gasteiger partial charge in [-0.1, -0.05) is 41.9 Å². The van der Waals surface area contributed by atoms with E-state index in [1.165, 1.54) is 17.0 Å². The van der Waals surface area contributed by atoms with Gasteiger partial charge in [0.25, 0.3) is 5.56 Å². The van der Waals surface area contributed by atoms with Gasteiger partial charge in [0.05, 0.1) is 0 Å². The van der Waals surface area contributed by atoms with E-state index in [2.05, 4.69) is 19.9 Å². The molecular formula is C18H15ClN6O2. The topological polar surface area (TPSA) is 98.5 Å². The first-order chi connectivity index (χ1) is 13.1. The largest absolute Gasteiger partial charge is 0.330 e. The van der Waals surface area contributed by atoms with Gasteiger partial charge in [-0.05, 0) is 12.5 Å². The maximum atomic E-state index is 12.6. The van der Waals surface area contributed by atoms with Crippen molar-refractivity contribution in [3.8, 4) is 11.5 Å². The number of aromatic amines is 1. The molecule has 0 atom stereocenters. The summed E-state index contributed by atoms with van der Waals surface area (Å²) in [6.45, 7) is 2.54. The van der Waals surface area contributed by atoms with Gasteiger partial charge in [-0.25, -0.2) is 19.7 Å². The molecule has 0 aliphatic carbocycles. The zero-order valence-electron chi connectivity index (χ0n) is 14.4. The van der Waals surface area contributed by atoms with Gasteiger partial charge in [0.2, 0.25) is 0 Å². The number of rotatable bonds is 4. The van der Waals surface area contributed by atoms with Crippen molar-refractivity contribution < 1.29 is 0 Å². The van der Waals surface area contributed by atoms with Crippen LogP contribution < -0.4 is 11.2 Å². The van der Waals surface area contributed by atoms with Crippen LogP contribution in [0.5, 0.6) is 0 Å². The Balaban J connectivity index is 2.08. The van der Waals surface area contributed by atoms with Crippen molar-refractivity contribution in [1.82, 2.24) is 29.1 Å². The number of nitrogens with one attached hydrogen (secondary N) is 1. The van der Waals surface area contributed by atoms with Gasteiger partial charge in [0.1, 0.15) is 5.69 Å². The van der Waals surface area contributed by atoms with Gasteiger partial charge in [-0.2, -0.15) is 0 Å².